The van der Waals surface area contributed by atoms with E-state index in [1.54, 1.807) is 0 Å². The Morgan fingerprint density at radius 2 is 2.00 bits per heavy atom. The van der Waals surface area contributed by atoms with E-state index in [2.05, 4.69) is 16.5 Å². The molecule has 1 saturated heterocycles. The van der Waals surface area contributed by atoms with Crippen LogP contribution in [0.5, 0.6) is 0 Å². The van der Waals surface area contributed by atoms with Crippen molar-refractivity contribution in [3.63, 3.8) is 0 Å². The summed E-state index contributed by atoms with van der Waals surface area (Å²) in [6.45, 7) is 5.03. The quantitative estimate of drug-likeness (QED) is 0.640. The molecule has 0 radical (unpaired) electrons. The summed E-state index contributed by atoms with van der Waals surface area (Å²) in [5.41, 5.74) is 0. The summed E-state index contributed by atoms with van der Waals surface area (Å²) in [5.74, 6) is 0. The minimum atomic E-state index is -3.52. The molecular formula is C7H17N3O2S. The van der Waals surface area contributed by atoms with E-state index >= 15 is 0 Å². The third-order valence-corrected chi connectivity index (χ3v) is 3.03. The molecule has 5 nitrogen and oxygen atoms in total. The lowest BCUT2D eigenvalue weighted by atomic mass is 10.1. The second-order valence-electron chi connectivity index (χ2n) is 3.37. The van der Waals surface area contributed by atoms with Crippen LogP contribution < -0.4 is 9.86 Å². The van der Waals surface area contributed by atoms with Gasteiger partial charge in [-0.25, -0.2) is 5.14 Å². The summed E-state index contributed by atoms with van der Waals surface area (Å²) < 4.78 is 23.8. The van der Waals surface area contributed by atoms with Crippen molar-refractivity contribution in [1.82, 2.24) is 9.62 Å². The summed E-state index contributed by atoms with van der Waals surface area (Å²) in [6.07, 6.45) is 1.70. The molecule has 0 atom stereocenters. The first-order chi connectivity index (χ1) is 6.01. The fourth-order valence-electron chi connectivity index (χ4n) is 1.60. The normalized spacial score (nSPS) is 22.0. The van der Waals surface area contributed by atoms with Crippen LogP contribution in [0.1, 0.15) is 19.8 Å². The summed E-state index contributed by atoms with van der Waals surface area (Å²) in [4.78, 5) is 2.29. The molecule has 0 aromatic heterocycles. The number of nitrogens with one attached hydrogen (secondary N) is 1. The second-order valence-corrected chi connectivity index (χ2v) is 4.70. The maximum Gasteiger partial charge on any atom is 0.274 e. The number of piperidine rings is 1. The summed E-state index contributed by atoms with van der Waals surface area (Å²) in [5, 5.41) is 4.88. The summed E-state index contributed by atoms with van der Waals surface area (Å²) in [6, 6.07) is 0.0257. The highest BCUT2D eigenvalue weighted by Gasteiger charge is 2.20. The number of rotatable bonds is 3. The van der Waals surface area contributed by atoms with Crippen molar-refractivity contribution in [3.05, 3.63) is 0 Å². The standard InChI is InChI=1S/C7H17N3O2S/c1-2-10-5-3-7(4-6-10)9-13(8,11)12/h7,9H,2-6H2,1H3,(H2,8,11,12). The van der Waals surface area contributed by atoms with Gasteiger partial charge in [-0.1, -0.05) is 6.92 Å². The van der Waals surface area contributed by atoms with E-state index in [4.69, 9.17) is 5.14 Å². The highest BCUT2D eigenvalue weighted by atomic mass is 32.2. The Hall–Kier alpha value is -0.170. The van der Waals surface area contributed by atoms with Crippen molar-refractivity contribution in [1.29, 1.82) is 0 Å². The van der Waals surface area contributed by atoms with E-state index < -0.39 is 10.2 Å². The van der Waals surface area contributed by atoms with Crippen LogP contribution in [-0.4, -0.2) is 39.0 Å². The number of nitrogens with two attached hydrogens (primary N) is 1. The highest BCUT2D eigenvalue weighted by molar-refractivity contribution is 7.87. The lowest BCUT2D eigenvalue weighted by Gasteiger charge is -2.30. The van der Waals surface area contributed by atoms with Gasteiger partial charge in [-0.2, -0.15) is 13.1 Å². The van der Waals surface area contributed by atoms with E-state index in [1.807, 2.05) is 0 Å². The molecule has 1 rings (SSSR count). The van der Waals surface area contributed by atoms with Crippen molar-refractivity contribution >= 4 is 10.2 Å². The lowest BCUT2D eigenvalue weighted by Crippen LogP contribution is -2.46. The van der Waals surface area contributed by atoms with Gasteiger partial charge in [-0.15, -0.1) is 0 Å². The molecular weight excluding hydrogens is 190 g/mol. The van der Waals surface area contributed by atoms with E-state index in [1.165, 1.54) is 0 Å². The minimum absolute atomic E-state index is 0.0257. The molecule has 0 aromatic rings. The minimum Gasteiger partial charge on any atom is -0.303 e. The van der Waals surface area contributed by atoms with Crippen LogP contribution in [-0.2, 0) is 10.2 Å². The van der Waals surface area contributed by atoms with Crippen LogP contribution >= 0.6 is 0 Å². The predicted molar refractivity (Wildman–Crippen MR) is 51.4 cm³/mol. The Morgan fingerprint density at radius 3 is 2.38 bits per heavy atom. The van der Waals surface area contributed by atoms with Gasteiger partial charge in [0.15, 0.2) is 0 Å². The zero-order chi connectivity index (χ0) is 9.90. The van der Waals surface area contributed by atoms with Gasteiger partial charge in [-0.05, 0) is 32.5 Å². The molecule has 1 fully saturated rings. The van der Waals surface area contributed by atoms with Crippen LogP contribution in [0.3, 0.4) is 0 Å². The van der Waals surface area contributed by atoms with Crippen LogP contribution in [0.15, 0.2) is 0 Å². The molecule has 0 amide bonds. The third-order valence-electron chi connectivity index (χ3n) is 2.37. The van der Waals surface area contributed by atoms with E-state index in [0.717, 1.165) is 32.5 Å². The Morgan fingerprint density at radius 1 is 1.46 bits per heavy atom. The van der Waals surface area contributed by atoms with Gasteiger partial charge in [0.1, 0.15) is 0 Å². The van der Waals surface area contributed by atoms with Gasteiger partial charge < -0.3 is 4.90 Å². The first-order valence-corrected chi connectivity index (χ1v) is 6.08. The molecule has 0 bridgehead atoms. The number of nitrogens with zero attached hydrogens (tertiary/aromatic N) is 1. The van der Waals surface area contributed by atoms with Crippen LogP contribution in [0.4, 0.5) is 0 Å². The van der Waals surface area contributed by atoms with Crippen LogP contribution in [0.2, 0.25) is 0 Å². The van der Waals surface area contributed by atoms with Gasteiger partial charge in [0, 0.05) is 6.04 Å². The molecule has 0 spiro atoms. The molecule has 0 aliphatic carbocycles. The summed E-state index contributed by atoms with van der Waals surface area (Å²) in [7, 11) is -3.52. The molecule has 0 aromatic carbocycles. The molecule has 1 aliphatic heterocycles. The Labute approximate surface area is 79.5 Å². The van der Waals surface area contributed by atoms with E-state index in [0.29, 0.717) is 0 Å². The van der Waals surface area contributed by atoms with Gasteiger partial charge in [0.05, 0.1) is 0 Å². The maximum atomic E-state index is 10.7. The van der Waals surface area contributed by atoms with Gasteiger partial charge in [-0.3, -0.25) is 0 Å². The Balaban J connectivity index is 2.33. The Kier molecular flexibility index (Phi) is 3.66. The fourth-order valence-corrected chi connectivity index (χ4v) is 2.30. The van der Waals surface area contributed by atoms with Gasteiger partial charge in [0.25, 0.3) is 10.2 Å². The van der Waals surface area contributed by atoms with Crippen LogP contribution in [0.25, 0.3) is 0 Å². The maximum absolute atomic E-state index is 10.7. The molecule has 13 heavy (non-hydrogen) atoms. The smallest absolute Gasteiger partial charge is 0.274 e. The lowest BCUT2D eigenvalue weighted by molar-refractivity contribution is 0.217. The molecule has 78 valence electrons. The van der Waals surface area contributed by atoms with Crippen molar-refractivity contribution in [2.75, 3.05) is 19.6 Å². The van der Waals surface area contributed by atoms with Crippen molar-refractivity contribution < 1.29 is 8.42 Å². The second kappa shape index (κ2) is 4.36. The predicted octanol–water partition coefficient (Wildman–Crippen LogP) is -0.736. The van der Waals surface area contributed by atoms with Gasteiger partial charge in [0.2, 0.25) is 0 Å². The zero-order valence-electron chi connectivity index (χ0n) is 7.86. The topological polar surface area (TPSA) is 75.4 Å². The first-order valence-electron chi connectivity index (χ1n) is 4.53. The number of hydrogen-bond donors (Lipinski definition) is 2. The summed E-state index contributed by atoms with van der Waals surface area (Å²) >= 11 is 0. The first kappa shape index (κ1) is 10.9. The number of likely N-dealkylation sites (tertiary alicyclic amines) is 1. The van der Waals surface area contributed by atoms with Crippen molar-refractivity contribution in [2.24, 2.45) is 5.14 Å². The molecule has 0 saturated carbocycles. The van der Waals surface area contributed by atoms with E-state index in [9.17, 15) is 8.42 Å². The van der Waals surface area contributed by atoms with E-state index in [-0.39, 0.29) is 6.04 Å². The Bertz CT molecular complexity index is 244. The molecule has 1 heterocycles. The average molecular weight is 207 g/mol. The van der Waals surface area contributed by atoms with Crippen molar-refractivity contribution in [2.45, 2.75) is 25.8 Å². The van der Waals surface area contributed by atoms with Gasteiger partial charge >= 0.3 is 0 Å². The number of hydrogen-bond acceptors (Lipinski definition) is 3. The van der Waals surface area contributed by atoms with Crippen LogP contribution in [0, 0.1) is 0 Å². The molecule has 0 unspecified atom stereocenters. The fraction of sp³-hybridized carbons (Fsp3) is 1.00. The molecule has 1 aliphatic rings. The molecule has 6 heteroatoms. The largest absolute Gasteiger partial charge is 0.303 e. The third kappa shape index (κ3) is 4.04. The average Bonchev–Trinajstić information content (AvgIpc) is 2.03. The SMILES string of the molecule is CCN1CCC(NS(N)(=O)=O)CC1. The molecule has 3 N–H and O–H groups in total. The zero-order valence-corrected chi connectivity index (χ0v) is 8.68. The monoisotopic (exact) mass is 207 g/mol. The van der Waals surface area contributed by atoms with Crippen molar-refractivity contribution in [3.8, 4) is 0 Å². The highest BCUT2D eigenvalue weighted by Crippen LogP contribution is 2.09.